The molecule has 2 rings (SSSR count). The van der Waals surface area contributed by atoms with Crippen LogP contribution in [-0.2, 0) is 0 Å². The molecule has 0 spiro atoms. The van der Waals surface area contributed by atoms with Crippen LogP contribution in [0, 0.1) is 0 Å². The standard InChI is InChI=1S/C14H14N2O2S/c1-2-18-12-6-3-5-11(9-12)10-15-16-14(17)13-7-4-8-19-13/h3-10H,2H2,1H3,(H,16,17)/b15-10-. The Bertz CT molecular complexity index is 565. The van der Waals surface area contributed by atoms with Crippen LogP contribution in [0.3, 0.4) is 0 Å². The summed E-state index contributed by atoms with van der Waals surface area (Å²) in [7, 11) is 0. The van der Waals surface area contributed by atoms with Crippen LogP contribution in [0.2, 0.25) is 0 Å². The summed E-state index contributed by atoms with van der Waals surface area (Å²) in [5, 5.41) is 5.78. The molecule has 1 aromatic carbocycles. The van der Waals surface area contributed by atoms with E-state index in [4.69, 9.17) is 4.74 Å². The predicted octanol–water partition coefficient (Wildman–Crippen LogP) is 2.91. The monoisotopic (exact) mass is 274 g/mol. The van der Waals surface area contributed by atoms with E-state index >= 15 is 0 Å². The SMILES string of the molecule is CCOc1cccc(/C=N\NC(=O)c2cccs2)c1. The van der Waals surface area contributed by atoms with E-state index < -0.39 is 0 Å². The first kappa shape index (κ1) is 13.3. The molecular formula is C14H14N2O2S. The zero-order valence-electron chi connectivity index (χ0n) is 10.5. The number of hydrogen-bond donors (Lipinski definition) is 1. The Hall–Kier alpha value is -2.14. The van der Waals surface area contributed by atoms with Gasteiger partial charge < -0.3 is 4.74 Å². The van der Waals surface area contributed by atoms with Crippen LogP contribution in [0.1, 0.15) is 22.2 Å². The third-order valence-corrected chi connectivity index (χ3v) is 3.16. The van der Waals surface area contributed by atoms with Gasteiger partial charge in [0.1, 0.15) is 5.75 Å². The number of nitrogens with zero attached hydrogens (tertiary/aromatic N) is 1. The number of ether oxygens (including phenoxy) is 1. The molecule has 98 valence electrons. The molecule has 0 saturated heterocycles. The smallest absolute Gasteiger partial charge is 0.281 e. The van der Waals surface area contributed by atoms with Gasteiger partial charge in [-0.15, -0.1) is 11.3 Å². The predicted molar refractivity (Wildman–Crippen MR) is 77.0 cm³/mol. The Morgan fingerprint density at radius 3 is 3.05 bits per heavy atom. The lowest BCUT2D eigenvalue weighted by atomic mass is 10.2. The topological polar surface area (TPSA) is 50.7 Å². The maximum absolute atomic E-state index is 11.6. The number of hydrazone groups is 1. The minimum atomic E-state index is -0.202. The highest BCUT2D eigenvalue weighted by Gasteiger charge is 2.03. The molecule has 0 atom stereocenters. The molecule has 1 N–H and O–H groups in total. The Balaban J connectivity index is 1.95. The van der Waals surface area contributed by atoms with Gasteiger partial charge in [0, 0.05) is 0 Å². The number of rotatable bonds is 5. The van der Waals surface area contributed by atoms with Crippen molar-refractivity contribution in [3.05, 3.63) is 52.2 Å². The molecule has 0 bridgehead atoms. The van der Waals surface area contributed by atoms with Crippen molar-refractivity contribution in [3.8, 4) is 5.75 Å². The van der Waals surface area contributed by atoms with Gasteiger partial charge in [-0.1, -0.05) is 18.2 Å². The fraction of sp³-hybridized carbons (Fsp3) is 0.143. The van der Waals surface area contributed by atoms with Crippen LogP contribution in [0.25, 0.3) is 0 Å². The molecular weight excluding hydrogens is 260 g/mol. The quantitative estimate of drug-likeness (QED) is 0.673. The number of thiophene rings is 1. The number of hydrogen-bond acceptors (Lipinski definition) is 4. The van der Waals surface area contributed by atoms with E-state index in [1.165, 1.54) is 11.3 Å². The summed E-state index contributed by atoms with van der Waals surface area (Å²) >= 11 is 1.38. The van der Waals surface area contributed by atoms with Crippen LogP contribution >= 0.6 is 11.3 Å². The normalized spacial score (nSPS) is 10.6. The molecule has 0 aliphatic heterocycles. The number of benzene rings is 1. The lowest BCUT2D eigenvalue weighted by Crippen LogP contribution is -2.16. The molecule has 4 nitrogen and oxygen atoms in total. The van der Waals surface area contributed by atoms with Crippen LogP contribution in [0.5, 0.6) is 5.75 Å². The second kappa shape index (κ2) is 6.70. The fourth-order valence-corrected chi connectivity index (χ4v) is 2.09. The van der Waals surface area contributed by atoms with E-state index in [-0.39, 0.29) is 5.91 Å². The molecule has 0 unspecified atom stereocenters. The van der Waals surface area contributed by atoms with Crippen molar-refractivity contribution >= 4 is 23.5 Å². The maximum Gasteiger partial charge on any atom is 0.281 e. The van der Waals surface area contributed by atoms with Gasteiger partial charge in [-0.3, -0.25) is 4.79 Å². The van der Waals surface area contributed by atoms with E-state index in [1.807, 2.05) is 42.6 Å². The van der Waals surface area contributed by atoms with Crippen molar-refractivity contribution in [1.82, 2.24) is 5.43 Å². The summed E-state index contributed by atoms with van der Waals surface area (Å²) in [5.74, 6) is 0.586. The van der Waals surface area contributed by atoms with Crippen LogP contribution in [0.15, 0.2) is 46.9 Å². The van der Waals surface area contributed by atoms with E-state index in [9.17, 15) is 4.79 Å². The average Bonchev–Trinajstić information content (AvgIpc) is 2.93. The van der Waals surface area contributed by atoms with Gasteiger partial charge in [0.15, 0.2) is 0 Å². The molecule has 0 saturated carbocycles. The first-order valence-electron chi connectivity index (χ1n) is 5.89. The van der Waals surface area contributed by atoms with Gasteiger partial charge in [0.25, 0.3) is 5.91 Å². The Morgan fingerprint density at radius 1 is 1.42 bits per heavy atom. The third-order valence-electron chi connectivity index (χ3n) is 2.29. The molecule has 0 aliphatic rings. The molecule has 0 aliphatic carbocycles. The molecule has 1 aromatic heterocycles. The summed E-state index contributed by atoms with van der Waals surface area (Å²) in [6, 6.07) is 11.1. The Kier molecular flexibility index (Phi) is 4.69. The van der Waals surface area contributed by atoms with Gasteiger partial charge in [-0.25, -0.2) is 5.43 Å². The molecule has 1 heterocycles. The lowest BCUT2D eigenvalue weighted by molar-refractivity contribution is 0.0959. The van der Waals surface area contributed by atoms with Gasteiger partial charge in [0.2, 0.25) is 0 Å². The summed E-state index contributed by atoms with van der Waals surface area (Å²) in [5.41, 5.74) is 3.36. The van der Waals surface area contributed by atoms with E-state index in [0.29, 0.717) is 11.5 Å². The third kappa shape index (κ3) is 3.93. The molecule has 2 aromatic rings. The van der Waals surface area contributed by atoms with Crippen LogP contribution < -0.4 is 10.2 Å². The van der Waals surface area contributed by atoms with Gasteiger partial charge in [-0.2, -0.15) is 5.10 Å². The molecule has 0 radical (unpaired) electrons. The summed E-state index contributed by atoms with van der Waals surface area (Å²) in [6.07, 6.45) is 1.59. The minimum Gasteiger partial charge on any atom is -0.494 e. The summed E-state index contributed by atoms with van der Waals surface area (Å²) in [4.78, 5) is 12.3. The van der Waals surface area contributed by atoms with Crippen LogP contribution in [0.4, 0.5) is 0 Å². The first-order valence-corrected chi connectivity index (χ1v) is 6.77. The second-order valence-corrected chi connectivity index (χ2v) is 4.63. The Morgan fingerprint density at radius 2 is 2.32 bits per heavy atom. The second-order valence-electron chi connectivity index (χ2n) is 3.68. The molecule has 19 heavy (non-hydrogen) atoms. The summed E-state index contributed by atoms with van der Waals surface area (Å²) < 4.78 is 5.39. The average molecular weight is 274 g/mol. The first-order chi connectivity index (χ1) is 9.29. The fourth-order valence-electron chi connectivity index (χ4n) is 1.48. The van der Waals surface area contributed by atoms with Crippen molar-refractivity contribution in [2.45, 2.75) is 6.92 Å². The minimum absolute atomic E-state index is 0.202. The van der Waals surface area contributed by atoms with Gasteiger partial charge >= 0.3 is 0 Å². The van der Waals surface area contributed by atoms with Crippen LogP contribution in [-0.4, -0.2) is 18.7 Å². The molecule has 1 amide bonds. The highest BCUT2D eigenvalue weighted by molar-refractivity contribution is 7.12. The highest BCUT2D eigenvalue weighted by atomic mass is 32.1. The van der Waals surface area contributed by atoms with E-state index in [2.05, 4.69) is 10.5 Å². The van der Waals surface area contributed by atoms with Crippen molar-refractivity contribution in [2.75, 3.05) is 6.61 Å². The van der Waals surface area contributed by atoms with Crippen molar-refractivity contribution in [1.29, 1.82) is 0 Å². The zero-order valence-corrected chi connectivity index (χ0v) is 11.3. The lowest BCUT2D eigenvalue weighted by Gasteiger charge is -2.02. The number of nitrogens with one attached hydrogen (secondary N) is 1. The maximum atomic E-state index is 11.6. The number of carbonyl (C=O) groups is 1. The van der Waals surface area contributed by atoms with Crippen molar-refractivity contribution < 1.29 is 9.53 Å². The van der Waals surface area contributed by atoms with E-state index in [0.717, 1.165) is 11.3 Å². The number of carbonyl (C=O) groups excluding carboxylic acids is 1. The highest BCUT2D eigenvalue weighted by Crippen LogP contribution is 2.11. The van der Waals surface area contributed by atoms with Gasteiger partial charge in [0.05, 0.1) is 17.7 Å². The summed E-state index contributed by atoms with van der Waals surface area (Å²) in [6.45, 7) is 2.55. The van der Waals surface area contributed by atoms with Crippen molar-refractivity contribution in [2.24, 2.45) is 5.10 Å². The van der Waals surface area contributed by atoms with E-state index in [1.54, 1.807) is 12.3 Å². The van der Waals surface area contributed by atoms with Crippen molar-refractivity contribution in [3.63, 3.8) is 0 Å². The molecule has 5 heteroatoms. The Labute approximate surface area is 115 Å². The largest absolute Gasteiger partial charge is 0.494 e. The zero-order chi connectivity index (χ0) is 13.5. The van der Waals surface area contributed by atoms with Gasteiger partial charge in [-0.05, 0) is 36.1 Å². The number of amides is 1. The molecule has 0 fully saturated rings.